The molecule has 0 fully saturated rings. The van der Waals surface area contributed by atoms with Gasteiger partial charge in [-0.2, -0.15) is 0 Å². The molecule has 0 spiro atoms. The molecule has 1 rings (SSSR count). The van der Waals surface area contributed by atoms with Gasteiger partial charge in [-0.1, -0.05) is 33.6 Å². The average molecular weight is 339 g/mol. The van der Waals surface area contributed by atoms with E-state index in [0.717, 1.165) is 63.5 Å². The van der Waals surface area contributed by atoms with Crippen LogP contribution in [0.2, 0.25) is 0 Å². The molecule has 0 aliphatic rings. The van der Waals surface area contributed by atoms with Crippen molar-refractivity contribution >= 4 is 5.96 Å². The van der Waals surface area contributed by atoms with Gasteiger partial charge in [-0.3, -0.25) is 4.99 Å². The first-order valence-electron chi connectivity index (χ1n) is 9.19. The molecule has 1 aromatic rings. The number of aliphatic imine (C=N–C) groups is 1. The largest absolute Gasteiger partial charge is 0.388 e. The summed E-state index contributed by atoms with van der Waals surface area (Å²) >= 11 is 0. The minimum absolute atomic E-state index is 0.427. The topological polar surface area (TPSA) is 87.4 Å². The lowest BCUT2D eigenvalue weighted by Crippen LogP contribution is -2.41. The minimum Gasteiger partial charge on any atom is -0.388 e. The van der Waals surface area contributed by atoms with Crippen LogP contribution in [0.25, 0.3) is 0 Å². The molecule has 0 aliphatic carbocycles. The molecule has 0 atom stereocenters. The molecule has 0 aliphatic heterocycles. The third kappa shape index (κ3) is 6.86. The van der Waals surface area contributed by atoms with Gasteiger partial charge in [0.15, 0.2) is 5.96 Å². The van der Waals surface area contributed by atoms with E-state index in [4.69, 9.17) is 0 Å². The molecule has 0 aromatic carbocycles. The summed E-state index contributed by atoms with van der Waals surface area (Å²) in [4.78, 5) is 4.59. The van der Waals surface area contributed by atoms with E-state index in [1.54, 1.807) is 6.33 Å². The van der Waals surface area contributed by atoms with Crippen molar-refractivity contribution in [3.8, 4) is 0 Å². The molecule has 0 unspecified atom stereocenters. The summed E-state index contributed by atoms with van der Waals surface area (Å²) in [7, 11) is 0. The second-order valence-electron chi connectivity index (χ2n) is 6.14. The Morgan fingerprint density at radius 3 is 2.50 bits per heavy atom. The Hall–Kier alpha value is -1.63. The van der Waals surface area contributed by atoms with E-state index in [2.05, 4.69) is 46.6 Å². The summed E-state index contributed by atoms with van der Waals surface area (Å²) in [6.45, 7) is 11.0. The molecular formula is C17H34N6O. The summed E-state index contributed by atoms with van der Waals surface area (Å²) < 4.78 is 2.04. The minimum atomic E-state index is -0.699. The molecule has 138 valence electrons. The van der Waals surface area contributed by atoms with Gasteiger partial charge in [0.05, 0.1) is 12.1 Å². The van der Waals surface area contributed by atoms with Crippen molar-refractivity contribution in [1.82, 2.24) is 25.4 Å². The van der Waals surface area contributed by atoms with Crippen LogP contribution in [0.5, 0.6) is 0 Å². The SMILES string of the molecule is CCCC(O)(CCC)CN=C(NCC)NCCn1cnnc1CC. The summed E-state index contributed by atoms with van der Waals surface area (Å²) in [6, 6.07) is 0. The zero-order chi connectivity index (χ0) is 17.8. The van der Waals surface area contributed by atoms with Crippen LogP contribution in [0.4, 0.5) is 0 Å². The highest BCUT2D eigenvalue weighted by Gasteiger charge is 2.24. The maximum atomic E-state index is 10.7. The summed E-state index contributed by atoms with van der Waals surface area (Å²) in [5.41, 5.74) is -0.699. The van der Waals surface area contributed by atoms with Crippen LogP contribution < -0.4 is 10.6 Å². The van der Waals surface area contributed by atoms with E-state index < -0.39 is 5.60 Å². The van der Waals surface area contributed by atoms with E-state index in [0.29, 0.717) is 6.54 Å². The van der Waals surface area contributed by atoms with Gasteiger partial charge in [-0.25, -0.2) is 0 Å². The Morgan fingerprint density at radius 2 is 1.92 bits per heavy atom. The molecule has 0 saturated carbocycles. The first-order valence-corrected chi connectivity index (χ1v) is 9.19. The van der Waals surface area contributed by atoms with Gasteiger partial charge < -0.3 is 20.3 Å². The van der Waals surface area contributed by atoms with E-state index in [9.17, 15) is 5.11 Å². The van der Waals surface area contributed by atoms with Crippen molar-refractivity contribution in [2.75, 3.05) is 19.6 Å². The standard InChI is InChI=1S/C17H34N6O/c1-5-9-17(24,10-6-2)13-20-16(18-8-4)19-11-12-23-14-21-22-15(23)7-3/h14,24H,5-13H2,1-4H3,(H2,18,19,20). The highest BCUT2D eigenvalue weighted by atomic mass is 16.3. The lowest BCUT2D eigenvalue weighted by molar-refractivity contribution is 0.0306. The Bertz CT molecular complexity index is 479. The Morgan fingerprint density at radius 1 is 1.21 bits per heavy atom. The van der Waals surface area contributed by atoms with Crippen molar-refractivity contribution in [1.29, 1.82) is 0 Å². The van der Waals surface area contributed by atoms with Crippen LogP contribution in [0.3, 0.4) is 0 Å². The first-order chi connectivity index (χ1) is 11.6. The second-order valence-corrected chi connectivity index (χ2v) is 6.14. The van der Waals surface area contributed by atoms with Crippen LogP contribution >= 0.6 is 0 Å². The molecular weight excluding hydrogens is 304 g/mol. The lowest BCUT2D eigenvalue weighted by atomic mass is 9.93. The number of rotatable bonds is 11. The van der Waals surface area contributed by atoms with Crippen molar-refractivity contribution in [2.24, 2.45) is 4.99 Å². The van der Waals surface area contributed by atoms with Gasteiger partial charge in [0.1, 0.15) is 12.2 Å². The van der Waals surface area contributed by atoms with Gasteiger partial charge in [-0.05, 0) is 19.8 Å². The fraction of sp³-hybridized carbons (Fsp3) is 0.824. The fourth-order valence-corrected chi connectivity index (χ4v) is 2.82. The van der Waals surface area contributed by atoms with Crippen LogP contribution in [0.15, 0.2) is 11.3 Å². The number of aliphatic hydroxyl groups is 1. The van der Waals surface area contributed by atoms with Gasteiger partial charge in [0, 0.05) is 26.1 Å². The summed E-state index contributed by atoms with van der Waals surface area (Å²) in [6.07, 6.45) is 6.11. The highest BCUT2D eigenvalue weighted by Crippen LogP contribution is 2.19. The normalized spacial score (nSPS) is 12.5. The van der Waals surface area contributed by atoms with E-state index in [-0.39, 0.29) is 0 Å². The van der Waals surface area contributed by atoms with Crippen LogP contribution in [0, 0.1) is 0 Å². The number of guanidine groups is 1. The quantitative estimate of drug-likeness (QED) is 0.422. The molecule has 0 radical (unpaired) electrons. The predicted octanol–water partition coefficient (Wildman–Crippen LogP) is 1.73. The Kier molecular flexibility index (Phi) is 9.37. The van der Waals surface area contributed by atoms with Gasteiger partial charge >= 0.3 is 0 Å². The Labute approximate surface area is 146 Å². The monoisotopic (exact) mass is 338 g/mol. The first kappa shape index (κ1) is 20.4. The maximum Gasteiger partial charge on any atom is 0.191 e. The molecule has 0 saturated heterocycles. The van der Waals surface area contributed by atoms with Gasteiger partial charge in [-0.15, -0.1) is 10.2 Å². The number of aromatic nitrogens is 3. The molecule has 7 nitrogen and oxygen atoms in total. The molecule has 7 heteroatoms. The second kappa shape index (κ2) is 11.0. The fourth-order valence-electron chi connectivity index (χ4n) is 2.82. The molecule has 24 heavy (non-hydrogen) atoms. The third-order valence-corrected chi connectivity index (χ3v) is 3.96. The van der Waals surface area contributed by atoms with Crippen LogP contribution in [0.1, 0.15) is 59.2 Å². The average Bonchev–Trinajstić information content (AvgIpc) is 3.00. The molecule has 0 amide bonds. The number of hydrogen-bond donors (Lipinski definition) is 3. The van der Waals surface area contributed by atoms with E-state index >= 15 is 0 Å². The van der Waals surface area contributed by atoms with Crippen molar-refractivity contribution < 1.29 is 5.11 Å². The van der Waals surface area contributed by atoms with E-state index in [1.807, 2.05) is 11.5 Å². The van der Waals surface area contributed by atoms with Crippen molar-refractivity contribution in [2.45, 2.75) is 71.9 Å². The predicted molar refractivity (Wildman–Crippen MR) is 98.1 cm³/mol. The van der Waals surface area contributed by atoms with Crippen LogP contribution in [-0.4, -0.2) is 51.1 Å². The maximum absolute atomic E-state index is 10.7. The van der Waals surface area contributed by atoms with Gasteiger partial charge in [0.2, 0.25) is 0 Å². The smallest absolute Gasteiger partial charge is 0.191 e. The number of hydrogen-bond acceptors (Lipinski definition) is 4. The number of aryl methyl sites for hydroxylation is 1. The van der Waals surface area contributed by atoms with Crippen LogP contribution in [-0.2, 0) is 13.0 Å². The lowest BCUT2D eigenvalue weighted by Gasteiger charge is -2.26. The Balaban J connectivity index is 2.58. The molecule has 3 N–H and O–H groups in total. The zero-order valence-corrected chi connectivity index (χ0v) is 15.7. The molecule has 0 bridgehead atoms. The molecule has 1 aromatic heterocycles. The molecule has 1 heterocycles. The summed E-state index contributed by atoms with van der Waals surface area (Å²) in [5.74, 6) is 1.73. The van der Waals surface area contributed by atoms with Crippen molar-refractivity contribution in [3.63, 3.8) is 0 Å². The third-order valence-electron chi connectivity index (χ3n) is 3.96. The van der Waals surface area contributed by atoms with E-state index in [1.165, 1.54) is 0 Å². The highest BCUT2D eigenvalue weighted by molar-refractivity contribution is 5.79. The number of nitrogens with zero attached hydrogens (tertiary/aromatic N) is 4. The summed E-state index contributed by atoms with van der Waals surface area (Å²) in [5, 5.41) is 25.3. The number of nitrogens with one attached hydrogen (secondary N) is 2. The van der Waals surface area contributed by atoms with Crippen molar-refractivity contribution in [3.05, 3.63) is 12.2 Å². The zero-order valence-electron chi connectivity index (χ0n) is 15.7. The van der Waals surface area contributed by atoms with Gasteiger partial charge in [0.25, 0.3) is 0 Å².